The summed E-state index contributed by atoms with van der Waals surface area (Å²) in [7, 11) is 0. The third kappa shape index (κ3) is 4.68. The minimum absolute atomic E-state index is 0.123. The van der Waals surface area contributed by atoms with Crippen molar-refractivity contribution in [1.29, 1.82) is 0 Å². The average molecular weight is 443 g/mol. The van der Waals surface area contributed by atoms with Gasteiger partial charge in [0.1, 0.15) is 10.1 Å². The SMILES string of the molecule is C=CCn1c(SC(C)C(=O)OC(C)CC)nc2scc(-c3ccc(C)cc3)c2c1=O. The van der Waals surface area contributed by atoms with Crippen LogP contribution in [-0.4, -0.2) is 26.9 Å². The molecule has 30 heavy (non-hydrogen) atoms. The van der Waals surface area contributed by atoms with Crippen molar-refractivity contribution in [3.05, 3.63) is 58.2 Å². The van der Waals surface area contributed by atoms with Crippen LogP contribution in [0.15, 0.2) is 52.3 Å². The number of carbonyl (C=O) groups is 1. The minimum Gasteiger partial charge on any atom is -0.462 e. The molecule has 0 saturated heterocycles. The molecule has 158 valence electrons. The Hall–Kier alpha value is -2.38. The van der Waals surface area contributed by atoms with Crippen LogP contribution >= 0.6 is 23.1 Å². The van der Waals surface area contributed by atoms with Crippen LogP contribution < -0.4 is 5.56 Å². The first kappa shape index (κ1) is 22.3. The second-order valence-electron chi connectivity index (χ2n) is 7.21. The molecule has 0 aliphatic rings. The minimum atomic E-state index is -0.476. The highest BCUT2D eigenvalue weighted by Gasteiger charge is 2.23. The standard InChI is InChI=1S/C23H26N2O3S2/c1-6-12-25-21(26)19-18(17-10-8-14(3)9-11-17)13-29-20(19)24-23(25)30-16(5)22(27)28-15(4)7-2/h6,8-11,13,15-16H,1,7,12H2,2-5H3. The molecule has 1 aromatic carbocycles. The molecule has 0 amide bonds. The zero-order chi connectivity index (χ0) is 21.8. The van der Waals surface area contributed by atoms with E-state index >= 15 is 0 Å². The van der Waals surface area contributed by atoms with Gasteiger partial charge in [0.25, 0.3) is 5.56 Å². The number of benzene rings is 1. The molecule has 2 atom stereocenters. The summed E-state index contributed by atoms with van der Waals surface area (Å²) in [6, 6.07) is 8.10. The Morgan fingerprint density at radius 1 is 1.33 bits per heavy atom. The van der Waals surface area contributed by atoms with E-state index in [2.05, 4.69) is 6.58 Å². The van der Waals surface area contributed by atoms with E-state index in [0.29, 0.717) is 21.9 Å². The summed E-state index contributed by atoms with van der Waals surface area (Å²) >= 11 is 2.68. The highest BCUT2D eigenvalue weighted by Crippen LogP contribution is 2.33. The molecule has 0 aliphatic carbocycles. The van der Waals surface area contributed by atoms with Crippen molar-refractivity contribution in [2.45, 2.75) is 57.2 Å². The van der Waals surface area contributed by atoms with Crippen molar-refractivity contribution in [2.75, 3.05) is 0 Å². The van der Waals surface area contributed by atoms with Crippen LogP contribution in [0.2, 0.25) is 0 Å². The van der Waals surface area contributed by atoms with Gasteiger partial charge in [-0.1, -0.05) is 54.6 Å². The van der Waals surface area contributed by atoms with Gasteiger partial charge in [0.05, 0.1) is 11.5 Å². The molecule has 3 rings (SSSR count). The van der Waals surface area contributed by atoms with Crippen LogP contribution in [0.4, 0.5) is 0 Å². The predicted octanol–water partition coefficient (Wildman–Crippen LogP) is 5.44. The van der Waals surface area contributed by atoms with E-state index in [-0.39, 0.29) is 17.6 Å². The smallest absolute Gasteiger partial charge is 0.319 e. The summed E-state index contributed by atoms with van der Waals surface area (Å²) < 4.78 is 7.01. The number of rotatable bonds is 8. The van der Waals surface area contributed by atoms with Crippen molar-refractivity contribution in [3.63, 3.8) is 0 Å². The normalized spacial score (nSPS) is 13.2. The molecule has 2 unspecified atom stereocenters. The fraction of sp³-hybridized carbons (Fsp3) is 0.348. The summed E-state index contributed by atoms with van der Waals surface area (Å²) in [5.41, 5.74) is 2.91. The molecular weight excluding hydrogens is 416 g/mol. The van der Waals surface area contributed by atoms with E-state index in [9.17, 15) is 9.59 Å². The summed E-state index contributed by atoms with van der Waals surface area (Å²) in [5, 5.41) is 2.59. The third-order valence-corrected chi connectivity index (χ3v) is 6.78. The number of nitrogens with zero attached hydrogens (tertiary/aromatic N) is 2. The number of thioether (sulfide) groups is 1. The molecule has 2 aromatic heterocycles. The summed E-state index contributed by atoms with van der Waals surface area (Å²) in [4.78, 5) is 31.2. The van der Waals surface area contributed by atoms with E-state index in [1.54, 1.807) is 17.6 Å². The number of hydrogen-bond donors (Lipinski definition) is 0. The van der Waals surface area contributed by atoms with Gasteiger partial charge in [0.2, 0.25) is 0 Å². The maximum absolute atomic E-state index is 13.4. The highest BCUT2D eigenvalue weighted by molar-refractivity contribution is 8.00. The number of fused-ring (bicyclic) bond motifs is 1. The number of hydrogen-bond acceptors (Lipinski definition) is 6. The first-order valence-electron chi connectivity index (χ1n) is 9.92. The maximum Gasteiger partial charge on any atom is 0.319 e. The lowest BCUT2D eigenvalue weighted by molar-refractivity contribution is -0.147. The van der Waals surface area contributed by atoms with Crippen LogP contribution in [0.1, 0.15) is 32.8 Å². The van der Waals surface area contributed by atoms with Crippen LogP contribution in [0, 0.1) is 6.92 Å². The van der Waals surface area contributed by atoms with Gasteiger partial charge >= 0.3 is 5.97 Å². The van der Waals surface area contributed by atoms with E-state index in [4.69, 9.17) is 9.72 Å². The second kappa shape index (κ2) is 9.62. The summed E-state index contributed by atoms with van der Waals surface area (Å²) in [6.45, 7) is 11.7. The van der Waals surface area contributed by atoms with Crippen LogP contribution in [0.3, 0.4) is 0 Å². The second-order valence-corrected chi connectivity index (χ2v) is 9.38. The van der Waals surface area contributed by atoms with Crippen molar-refractivity contribution in [3.8, 4) is 11.1 Å². The van der Waals surface area contributed by atoms with Gasteiger partial charge in [-0.25, -0.2) is 4.98 Å². The zero-order valence-corrected chi connectivity index (χ0v) is 19.3. The first-order chi connectivity index (χ1) is 14.3. The fourth-order valence-corrected chi connectivity index (χ4v) is 4.81. The largest absolute Gasteiger partial charge is 0.462 e. The quantitative estimate of drug-likeness (QED) is 0.201. The number of esters is 1. The molecule has 0 aliphatic heterocycles. The van der Waals surface area contributed by atoms with Crippen molar-refractivity contribution >= 4 is 39.3 Å². The van der Waals surface area contributed by atoms with E-state index in [0.717, 1.165) is 23.1 Å². The van der Waals surface area contributed by atoms with Crippen LogP contribution in [-0.2, 0) is 16.1 Å². The maximum atomic E-state index is 13.4. The highest BCUT2D eigenvalue weighted by atomic mass is 32.2. The molecule has 0 spiro atoms. The Morgan fingerprint density at radius 3 is 2.67 bits per heavy atom. The Kier molecular flexibility index (Phi) is 7.15. The number of aryl methyl sites for hydroxylation is 1. The van der Waals surface area contributed by atoms with Gasteiger partial charge in [-0.3, -0.25) is 14.2 Å². The average Bonchev–Trinajstić information content (AvgIpc) is 3.15. The first-order valence-corrected chi connectivity index (χ1v) is 11.7. The van der Waals surface area contributed by atoms with Crippen molar-refractivity contribution in [1.82, 2.24) is 9.55 Å². The van der Waals surface area contributed by atoms with Gasteiger partial charge in [-0.15, -0.1) is 17.9 Å². The summed E-state index contributed by atoms with van der Waals surface area (Å²) in [5.74, 6) is -0.305. The molecule has 2 heterocycles. The zero-order valence-electron chi connectivity index (χ0n) is 17.7. The van der Waals surface area contributed by atoms with Gasteiger partial charge in [0.15, 0.2) is 5.16 Å². The number of ether oxygens (including phenoxy) is 1. The lowest BCUT2D eigenvalue weighted by Crippen LogP contribution is -2.26. The molecular formula is C23H26N2O3S2. The van der Waals surface area contributed by atoms with Gasteiger partial charge in [0, 0.05) is 17.5 Å². The monoisotopic (exact) mass is 442 g/mol. The number of allylic oxidation sites excluding steroid dienone is 1. The van der Waals surface area contributed by atoms with Gasteiger partial charge in [-0.05, 0) is 32.8 Å². The molecule has 0 bridgehead atoms. The van der Waals surface area contributed by atoms with E-state index in [1.165, 1.54) is 23.1 Å². The number of aromatic nitrogens is 2. The Morgan fingerprint density at radius 2 is 2.03 bits per heavy atom. The lowest BCUT2D eigenvalue weighted by atomic mass is 10.1. The summed E-state index contributed by atoms with van der Waals surface area (Å²) in [6.07, 6.45) is 2.28. The van der Waals surface area contributed by atoms with Crippen LogP contribution in [0.5, 0.6) is 0 Å². The predicted molar refractivity (Wildman–Crippen MR) is 125 cm³/mol. The molecule has 0 saturated carbocycles. The van der Waals surface area contributed by atoms with Gasteiger partial charge in [-0.2, -0.15) is 0 Å². The molecule has 0 N–H and O–H groups in total. The Labute approximate surface area is 184 Å². The third-order valence-electron chi connectivity index (χ3n) is 4.84. The lowest BCUT2D eigenvalue weighted by Gasteiger charge is -2.17. The van der Waals surface area contributed by atoms with Gasteiger partial charge < -0.3 is 4.74 Å². The number of carbonyl (C=O) groups excluding carboxylic acids is 1. The van der Waals surface area contributed by atoms with Crippen molar-refractivity contribution in [2.24, 2.45) is 0 Å². The van der Waals surface area contributed by atoms with E-state index in [1.807, 2.05) is 50.4 Å². The molecule has 5 nitrogen and oxygen atoms in total. The fourth-order valence-electron chi connectivity index (χ4n) is 2.92. The molecule has 0 radical (unpaired) electrons. The van der Waals surface area contributed by atoms with Crippen molar-refractivity contribution < 1.29 is 9.53 Å². The van der Waals surface area contributed by atoms with Crippen LogP contribution in [0.25, 0.3) is 21.3 Å². The topological polar surface area (TPSA) is 61.2 Å². The molecule has 3 aromatic rings. The molecule has 0 fully saturated rings. The van der Waals surface area contributed by atoms with E-state index < -0.39 is 5.25 Å². The Balaban J connectivity index is 2.03. The molecule has 7 heteroatoms. The number of thiophene rings is 1. The Bertz CT molecular complexity index is 1120.